The summed E-state index contributed by atoms with van der Waals surface area (Å²) in [6.45, 7) is 1.91. The van der Waals surface area contributed by atoms with Gasteiger partial charge in [-0.1, -0.05) is 30.3 Å². The van der Waals surface area contributed by atoms with Crippen molar-refractivity contribution in [3.63, 3.8) is 0 Å². The maximum atomic E-state index is 12.3. The van der Waals surface area contributed by atoms with Crippen molar-refractivity contribution in [2.24, 2.45) is 0 Å². The van der Waals surface area contributed by atoms with E-state index in [1.165, 1.54) is 0 Å². The molecule has 0 amide bonds. The van der Waals surface area contributed by atoms with Gasteiger partial charge in [-0.25, -0.2) is 4.79 Å². The number of hydrogen-bond donors (Lipinski definition) is 1. The highest BCUT2D eigenvalue weighted by Crippen LogP contribution is 2.13. The van der Waals surface area contributed by atoms with Gasteiger partial charge in [0, 0.05) is 11.6 Å². The fraction of sp³-hybridized carbons (Fsp3) is 0.133. The molecule has 0 saturated heterocycles. The summed E-state index contributed by atoms with van der Waals surface area (Å²) in [5.41, 5.74) is 0.0606. The number of halogens is 1. The van der Waals surface area contributed by atoms with Crippen LogP contribution in [-0.4, -0.2) is 23.3 Å². The van der Waals surface area contributed by atoms with Crippen LogP contribution in [0, 0.1) is 0 Å². The van der Waals surface area contributed by atoms with E-state index < -0.39 is 11.5 Å². The molecule has 2 aromatic rings. The second-order valence-corrected chi connectivity index (χ2v) is 6.00. The van der Waals surface area contributed by atoms with E-state index in [0.717, 1.165) is 17.4 Å². The van der Waals surface area contributed by atoms with Crippen molar-refractivity contribution < 1.29 is 14.3 Å². The highest BCUT2D eigenvalue weighted by atomic mass is 79.9. The Bertz CT molecular complexity index is 867. The maximum Gasteiger partial charge on any atom is 0.332 e. The number of H-pyrrole nitrogens is 1. The molecule has 1 aromatic carbocycles. The summed E-state index contributed by atoms with van der Waals surface area (Å²) in [7, 11) is 0. The summed E-state index contributed by atoms with van der Waals surface area (Å²) < 4.78 is 5.54. The van der Waals surface area contributed by atoms with Crippen LogP contribution < -0.4 is 14.8 Å². The number of nitrogens with one attached hydrogen (secondary N) is 1. The summed E-state index contributed by atoms with van der Waals surface area (Å²) in [5, 5.41) is 0. The lowest BCUT2D eigenvalue weighted by Crippen LogP contribution is -2.22. The first-order valence-corrected chi connectivity index (χ1v) is 8.01. The fourth-order valence-electron chi connectivity index (χ4n) is 1.65. The number of ketones is 1. The number of rotatable bonds is 4. The quantitative estimate of drug-likeness (QED) is 0.636. The molecule has 7 heteroatoms. The molecule has 114 valence electrons. The molecule has 0 fully saturated rings. The molecule has 0 aliphatic carbocycles. The number of aromatic nitrogens is 1. The first kappa shape index (κ1) is 16.4. The molecule has 1 N–H and O–H groups in total. The summed E-state index contributed by atoms with van der Waals surface area (Å²) in [6, 6.07) is 8.68. The minimum Gasteiger partial charge on any atom is -0.463 e. The molecule has 1 heterocycles. The number of Topliss-reactive ketones (excluding diaryl/α,β-unsaturated/α-hetero) is 1. The van der Waals surface area contributed by atoms with E-state index in [0.29, 0.717) is 10.2 Å². The van der Waals surface area contributed by atoms with Crippen molar-refractivity contribution in [3.05, 3.63) is 55.4 Å². The molecule has 0 saturated carbocycles. The number of carbonyl (C=O) groups excluding carboxylic acids is 2. The average Bonchev–Trinajstić information content (AvgIpc) is 2.88. The van der Waals surface area contributed by atoms with Crippen LogP contribution in [0.4, 0.5) is 0 Å². The SMILES string of the molecule is CCOC(=O)/C=c1\s/c(=C(\Br)C(=O)c2ccccc2)[nH]c1=O. The van der Waals surface area contributed by atoms with E-state index in [2.05, 4.69) is 20.9 Å². The second-order valence-electron chi connectivity index (χ2n) is 4.16. The second kappa shape index (κ2) is 7.33. The average molecular weight is 382 g/mol. The van der Waals surface area contributed by atoms with E-state index in [-0.39, 0.29) is 21.4 Å². The largest absolute Gasteiger partial charge is 0.463 e. The number of thiazole rings is 1. The van der Waals surface area contributed by atoms with Crippen molar-refractivity contribution in [2.75, 3.05) is 6.61 Å². The van der Waals surface area contributed by atoms with Crippen molar-refractivity contribution >= 4 is 49.6 Å². The minimum absolute atomic E-state index is 0.186. The molecular weight excluding hydrogens is 370 g/mol. The molecule has 22 heavy (non-hydrogen) atoms. The van der Waals surface area contributed by atoms with E-state index in [1.54, 1.807) is 31.2 Å². The molecule has 2 rings (SSSR count). The van der Waals surface area contributed by atoms with Gasteiger partial charge in [0.05, 0.1) is 11.1 Å². The number of hydrogen-bond acceptors (Lipinski definition) is 5. The highest BCUT2D eigenvalue weighted by Gasteiger charge is 2.12. The Morgan fingerprint density at radius 3 is 2.64 bits per heavy atom. The molecule has 0 aliphatic rings. The standard InChI is InChI=1S/C15H12BrNO4S/c1-2-21-11(18)8-10-14(20)17-15(22-10)12(16)13(19)9-6-4-3-5-7-9/h3-8H,2H2,1H3,(H,17,20)/b10-8-,15-12-. The van der Waals surface area contributed by atoms with Crippen LogP contribution >= 0.6 is 27.3 Å². The molecule has 0 atom stereocenters. The normalized spacial score (nSPS) is 12.9. The lowest BCUT2D eigenvalue weighted by atomic mass is 10.1. The Morgan fingerprint density at radius 2 is 2.00 bits per heavy atom. The van der Waals surface area contributed by atoms with Crippen LogP contribution in [0.3, 0.4) is 0 Å². The molecule has 0 spiro atoms. The molecule has 1 aromatic heterocycles. The first-order chi connectivity index (χ1) is 10.5. The third-order valence-electron chi connectivity index (χ3n) is 2.63. The van der Waals surface area contributed by atoms with Crippen LogP contribution in [0.5, 0.6) is 0 Å². The number of benzene rings is 1. The van der Waals surface area contributed by atoms with Gasteiger partial charge >= 0.3 is 5.97 Å². The van der Waals surface area contributed by atoms with E-state index >= 15 is 0 Å². The van der Waals surface area contributed by atoms with Gasteiger partial charge in [0.25, 0.3) is 5.56 Å². The summed E-state index contributed by atoms with van der Waals surface area (Å²) in [4.78, 5) is 38.1. The zero-order valence-corrected chi connectivity index (χ0v) is 14.0. The number of ether oxygens (including phenoxy) is 1. The Labute approximate surface area is 138 Å². The number of carbonyl (C=O) groups is 2. The topological polar surface area (TPSA) is 76.2 Å². The van der Waals surface area contributed by atoms with Gasteiger partial charge in [-0.3, -0.25) is 9.59 Å². The van der Waals surface area contributed by atoms with Gasteiger partial charge in [-0.2, -0.15) is 0 Å². The fourth-order valence-corrected chi connectivity index (χ4v) is 3.07. The van der Waals surface area contributed by atoms with Gasteiger partial charge < -0.3 is 9.72 Å². The van der Waals surface area contributed by atoms with Crippen LogP contribution in [-0.2, 0) is 9.53 Å². The van der Waals surface area contributed by atoms with Gasteiger partial charge in [-0.05, 0) is 22.9 Å². The predicted octanol–water partition coefficient (Wildman–Crippen LogP) is 1.17. The zero-order chi connectivity index (χ0) is 16.1. The zero-order valence-electron chi connectivity index (χ0n) is 11.6. The third-order valence-corrected chi connectivity index (χ3v) is 4.69. The van der Waals surface area contributed by atoms with Gasteiger partial charge in [-0.15, -0.1) is 11.3 Å². The van der Waals surface area contributed by atoms with Crippen molar-refractivity contribution in [3.8, 4) is 0 Å². The Kier molecular flexibility index (Phi) is 5.46. The minimum atomic E-state index is -0.591. The van der Waals surface area contributed by atoms with Crippen molar-refractivity contribution in [1.82, 2.24) is 4.98 Å². The van der Waals surface area contributed by atoms with Crippen molar-refractivity contribution in [1.29, 1.82) is 0 Å². The predicted molar refractivity (Wildman–Crippen MR) is 88.4 cm³/mol. The summed E-state index contributed by atoms with van der Waals surface area (Å²) in [6.07, 6.45) is 1.11. The Balaban J connectivity index is 2.47. The maximum absolute atomic E-state index is 12.3. The van der Waals surface area contributed by atoms with Crippen LogP contribution in [0.25, 0.3) is 10.6 Å². The highest BCUT2D eigenvalue weighted by molar-refractivity contribution is 9.15. The molecule has 0 radical (unpaired) electrons. The molecular formula is C15H12BrNO4S. The molecule has 0 aliphatic heterocycles. The first-order valence-electron chi connectivity index (χ1n) is 6.40. The van der Waals surface area contributed by atoms with Crippen molar-refractivity contribution in [2.45, 2.75) is 6.92 Å². The lowest BCUT2D eigenvalue weighted by Gasteiger charge is -1.97. The van der Waals surface area contributed by atoms with E-state index in [1.807, 2.05) is 6.07 Å². The Morgan fingerprint density at radius 1 is 1.32 bits per heavy atom. The smallest absolute Gasteiger partial charge is 0.332 e. The summed E-state index contributed by atoms with van der Waals surface area (Å²) >= 11 is 4.23. The van der Waals surface area contributed by atoms with E-state index in [9.17, 15) is 14.4 Å². The van der Waals surface area contributed by atoms with Gasteiger partial charge in [0.1, 0.15) is 9.20 Å². The summed E-state index contributed by atoms with van der Waals surface area (Å²) in [5.74, 6) is -0.840. The van der Waals surface area contributed by atoms with Gasteiger partial charge in [0.2, 0.25) is 5.78 Å². The number of esters is 1. The van der Waals surface area contributed by atoms with Crippen LogP contribution in [0.2, 0.25) is 0 Å². The van der Waals surface area contributed by atoms with Crippen LogP contribution in [0.1, 0.15) is 17.3 Å². The third kappa shape index (κ3) is 3.80. The number of aromatic amines is 1. The molecule has 0 unspecified atom stereocenters. The monoisotopic (exact) mass is 381 g/mol. The Hall–Kier alpha value is -1.99. The lowest BCUT2D eigenvalue weighted by molar-refractivity contribution is -0.135. The van der Waals surface area contributed by atoms with Crippen LogP contribution in [0.15, 0.2) is 35.1 Å². The molecule has 0 bridgehead atoms. The van der Waals surface area contributed by atoms with Gasteiger partial charge in [0.15, 0.2) is 0 Å². The van der Waals surface area contributed by atoms with E-state index in [4.69, 9.17) is 4.74 Å². The molecule has 5 nitrogen and oxygen atoms in total.